The van der Waals surface area contributed by atoms with Gasteiger partial charge < -0.3 is 24.8 Å². The minimum Gasteiger partial charge on any atom is -0.375 e. The minimum atomic E-state index is -0.276. The van der Waals surface area contributed by atoms with Gasteiger partial charge in [-0.2, -0.15) is 0 Å². The third-order valence-corrected chi connectivity index (χ3v) is 7.25. The molecule has 2 aromatic carbocycles. The summed E-state index contributed by atoms with van der Waals surface area (Å²) >= 11 is 0. The van der Waals surface area contributed by atoms with E-state index in [0.29, 0.717) is 30.9 Å². The Hall–Kier alpha value is -3.39. The van der Waals surface area contributed by atoms with Crippen LogP contribution in [-0.4, -0.2) is 74.5 Å². The highest BCUT2D eigenvalue weighted by atomic mass is 16.5. The third kappa shape index (κ3) is 6.89. The Kier molecular flexibility index (Phi) is 9.17. The number of ether oxygens (including phenoxy) is 1. The number of nitrogens with one attached hydrogen (secondary N) is 1. The van der Waals surface area contributed by atoms with Crippen LogP contribution < -0.4 is 10.2 Å². The average molecular weight is 507 g/mol. The molecular formula is C29H38N4O4. The van der Waals surface area contributed by atoms with Gasteiger partial charge in [-0.05, 0) is 43.0 Å². The summed E-state index contributed by atoms with van der Waals surface area (Å²) in [5.74, 6) is 0.0618. The van der Waals surface area contributed by atoms with Crippen LogP contribution >= 0.6 is 0 Å². The Labute approximate surface area is 219 Å². The first-order valence-electron chi connectivity index (χ1n) is 13.2. The molecule has 0 radical (unpaired) electrons. The van der Waals surface area contributed by atoms with E-state index in [4.69, 9.17) is 4.74 Å². The molecule has 1 aliphatic carbocycles. The summed E-state index contributed by atoms with van der Waals surface area (Å²) in [6, 6.07) is 15.3. The molecule has 1 aliphatic heterocycles. The van der Waals surface area contributed by atoms with E-state index in [9.17, 15) is 14.4 Å². The third-order valence-electron chi connectivity index (χ3n) is 7.25. The lowest BCUT2D eigenvalue weighted by molar-refractivity contribution is -0.135. The molecule has 0 aromatic heterocycles. The van der Waals surface area contributed by atoms with E-state index >= 15 is 0 Å². The van der Waals surface area contributed by atoms with Crippen molar-refractivity contribution in [3.63, 3.8) is 0 Å². The maximum absolute atomic E-state index is 13.7. The van der Waals surface area contributed by atoms with E-state index < -0.39 is 0 Å². The number of carbonyl (C=O) groups excluding carboxylic acids is 3. The van der Waals surface area contributed by atoms with E-state index in [1.54, 1.807) is 18.0 Å². The average Bonchev–Trinajstić information content (AvgIpc) is 3.33. The van der Waals surface area contributed by atoms with E-state index in [-0.39, 0.29) is 30.2 Å². The number of hydrogen-bond acceptors (Lipinski definition) is 5. The lowest BCUT2D eigenvalue weighted by Crippen LogP contribution is -2.38. The van der Waals surface area contributed by atoms with E-state index in [2.05, 4.69) is 10.2 Å². The maximum atomic E-state index is 13.7. The monoisotopic (exact) mass is 506 g/mol. The molecule has 8 heteroatoms. The predicted molar refractivity (Wildman–Crippen MR) is 145 cm³/mol. The van der Waals surface area contributed by atoms with Crippen LogP contribution in [0.3, 0.4) is 0 Å². The summed E-state index contributed by atoms with van der Waals surface area (Å²) in [4.78, 5) is 44.8. The normalized spacial score (nSPS) is 16.4. The summed E-state index contributed by atoms with van der Waals surface area (Å²) < 4.78 is 4.93. The smallest absolute Gasteiger partial charge is 0.256 e. The number of nitrogens with zero attached hydrogens (tertiary/aromatic N) is 3. The Balaban J connectivity index is 1.55. The Bertz CT molecular complexity index is 1080. The van der Waals surface area contributed by atoms with Crippen LogP contribution in [0, 0.1) is 5.92 Å². The lowest BCUT2D eigenvalue weighted by atomic mass is 10.1. The lowest BCUT2D eigenvalue weighted by Gasteiger charge is -2.28. The zero-order chi connectivity index (χ0) is 26.2. The van der Waals surface area contributed by atoms with Gasteiger partial charge in [0, 0.05) is 64.2 Å². The topological polar surface area (TPSA) is 82.2 Å². The van der Waals surface area contributed by atoms with Crippen molar-refractivity contribution in [2.24, 2.45) is 5.92 Å². The molecule has 1 saturated heterocycles. The molecular weight excluding hydrogens is 468 g/mol. The van der Waals surface area contributed by atoms with Crippen LogP contribution in [0.5, 0.6) is 0 Å². The molecule has 2 aliphatic rings. The molecule has 1 N–H and O–H groups in total. The van der Waals surface area contributed by atoms with Crippen molar-refractivity contribution in [3.8, 4) is 0 Å². The van der Waals surface area contributed by atoms with Crippen LogP contribution in [0.25, 0.3) is 0 Å². The number of carbonyl (C=O) groups is 3. The van der Waals surface area contributed by atoms with Gasteiger partial charge in [0.15, 0.2) is 0 Å². The Morgan fingerprint density at radius 3 is 2.46 bits per heavy atom. The molecule has 4 rings (SSSR count). The van der Waals surface area contributed by atoms with Crippen LogP contribution in [-0.2, 0) is 20.9 Å². The van der Waals surface area contributed by atoms with E-state index in [0.717, 1.165) is 56.4 Å². The van der Waals surface area contributed by atoms with Gasteiger partial charge in [-0.3, -0.25) is 14.4 Å². The highest BCUT2D eigenvalue weighted by molar-refractivity contribution is 6.02. The van der Waals surface area contributed by atoms with Crippen molar-refractivity contribution >= 4 is 29.1 Å². The van der Waals surface area contributed by atoms with E-state index in [1.165, 1.54) is 7.11 Å². The number of methoxy groups -OCH3 is 1. The van der Waals surface area contributed by atoms with Crippen LogP contribution in [0.1, 0.15) is 48.0 Å². The van der Waals surface area contributed by atoms with Crippen molar-refractivity contribution in [3.05, 3.63) is 59.7 Å². The molecule has 1 heterocycles. The summed E-state index contributed by atoms with van der Waals surface area (Å²) in [5.41, 5.74) is 2.95. The van der Waals surface area contributed by atoms with Crippen LogP contribution in [0.15, 0.2) is 48.5 Å². The molecule has 2 aromatic rings. The molecule has 0 bridgehead atoms. The fourth-order valence-corrected chi connectivity index (χ4v) is 5.33. The first kappa shape index (κ1) is 26.7. The predicted octanol–water partition coefficient (Wildman–Crippen LogP) is 3.77. The van der Waals surface area contributed by atoms with Crippen molar-refractivity contribution in [2.45, 2.75) is 38.6 Å². The standard InChI is InChI=1S/C29H38N4O4/c1-31(20-22-9-4-3-5-10-22)29(36)25-19-24(30-27(34)21-37-2)13-14-26(25)32-15-8-16-33(18-17-32)28(35)23-11-6-7-12-23/h3-5,9-10,13-14,19,23H,6-8,11-12,15-18,20-21H2,1-2H3,(H,30,34). The molecule has 3 amide bonds. The van der Waals surface area contributed by atoms with Gasteiger partial charge in [0.2, 0.25) is 11.8 Å². The number of rotatable bonds is 8. The van der Waals surface area contributed by atoms with Crippen molar-refractivity contribution < 1.29 is 19.1 Å². The van der Waals surface area contributed by atoms with Crippen LogP contribution in [0.2, 0.25) is 0 Å². The zero-order valence-corrected chi connectivity index (χ0v) is 21.9. The van der Waals surface area contributed by atoms with Gasteiger partial charge in [-0.15, -0.1) is 0 Å². The van der Waals surface area contributed by atoms with Crippen molar-refractivity contribution in [1.82, 2.24) is 9.80 Å². The minimum absolute atomic E-state index is 0.0596. The fraction of sp³-hybridized carbons (Fsp3) is 0.483. The second-order valence-electron chi connectivity index (χ2n) is 10.0. The highest BCUT2D eigenvalue weighted by Crippen LogP contribution is 2.29. The molecule has 8 nitrogen and oxygen atoms in total. The molecule has 2 fully saturated rings. The zero-order valence-electron chi connectivity index (χ0n) is 21.9. The molecule has 0 atom stereocenters. The Morgan fingerprint density at radius 1 is 0.973 bits per heavy atom. The van der Waals surface area contributed by atoms with Gasteiger partial charge in [0.1, 0.15) is 6.61 Å². The molecule has 37 heavy (non-hydrogen) atoms. The first-order chi connectivity index (χ1) is 18.0. The highest BCUT2D eigenvalue weighted by Gasteiger charge is 2.29. The van der Waals surface area contributed by atoms with Gasteiger partial charge in [0.25, 0.3) is 5.91 Å². The number of hydrogen-bond donors (Lipinski definition) is 1. The molecule has 0 unspecified atom stereocenters. The van der Waals surface area contributed by atoms with Crippen LogP contribution in [0.4, 0.5) is 11.4 Å². The fourth-order valence-electron chi connectivity index (χ4n) is 5.33. The SMILES string of the molecule is COCC(=O)Nc1ccc(N2CCCN(C(=O)C3CCCC3)CC2)c(C(=O)N(C)Cc2ccccc2)c1. The molecule has 0 spiro atoms. The maximum Gasteiger partial charge on any atom is 0.256 e. The van der Waals surface area contributed by atoms with Gasteiger partial charge in [0.05, 0.1) is 5.56 Å². The quantitative estimate of drug-likeness (QED) is 0.589. The van der Waals surface area contributed by atoms with E-state index in [1.807, 2.05) is 47.4 Å². The number of anilines is 2. The second-order valence-corrected chi connectivity index (χ2v) is 10.0. The van der Waals surface area contributed by atoms with Crippen molar-refractivity contribution in [2.75, 3.05) is 57.2 Å². The van der Waals surface area contributed by atoms with Crippen molar-refractivity contribution in [1.29, 1.82) is 0 Å². The first-order valence-corrected chi connectivity index (χ1v) is 13.2. The van der Waals surface area contributed by atoms with Gasteiger partial charge >= 0.3 is 0 Å². The molecule has 198 valence electrons. The number of benzene rings is 2. The summed E-state index contributed by atoms with van der Waals surface area (Å²) in [6.45, 7) is 3.23. The summed E-state index contributed by atoms with van der Waals surface area (Å²) in [5, 5.41) is 2.82. The van der Waals surface area contributed by atoms with Gasteiger partial charge in [-0.1, -0.05) is 43.2 Å². The summed E-state index contributed by atoms with van der Waals surface area (Å²) in [6.07, 6.45) is 5.14. The Morgan fingerprint density at radius 2 is 1.73 bits per heavy atom. The molecule has 1 saturated carbocycles. The van der Waals surface area contributed by atoms with Gasteiger partial charge in [-0.25, -0.2) is 0 Å². The summed E-state index contributed by atoms with van der Waals surface area (Å²) in [7, 11) is 3.26. The second kappa shape index (κ2) is 12.7. The number of amides is 3. The largest absolute Gasteiger partial charge is 0.375 e.